The normalized spacial score (nSPS) is 26.0. The molecule has 2 aromatic carbocycles. The number of nitrogens with zero attached hydrogens (tertiary/aromatic N) is 2. The minimum absolute atomic E-state index is 0.0160. The van der Waals surface area contributed by atoms with Crippen LogP contribution in [0.1, 0.15) is 87.2 Å². The number of nitrogens with one attached hydrogen (secondary N) is 2. The molecule has 0 saturated carbocycles. The van der Waals surface area contributed by atoms with E-state index in [9.17, 15) is 54.3 Å². The summed E-state index contributed by atoms with van der Waals surface area (Å²) in [4.78, 5) is 85.4. The molecule has 18 nitrogen and oxygen atoms in total. The zero-order valence-corrected chi connectivity index (χ0v) is 32.2. The van der Waals surface area contributed by atoms with Crippen molar-refractivity contribution in [3.63, 3.8) is 0 Å². The first-order valence-electron chi connectivity index (χ1n) is 19.1. The lowest BCUT2D eigenvalue weighted by atomic mass is 9.72. The van der Waals surface area contributed by atoms with Crippen LogP contribution in [0.15, 0.2) is 42.7 Å². The molecular weight excluding hydrogens is 772 g/mol. The first kappa shape index (κ1) is 41.4. The van der Waals surface area contributed by atoms with Crippen LogP contribution in [0, 0.1) is 0 Å². The van der Waals surface area contributed by atoms with E-state index in [0.29, 0.717) is 18.4 Å². The van der Waals surface area contributed by atoms with Gasteiger partial charge in [0.25, 0.3) is 0 Å². The Kier molecular flexibility index (Phi) is 11.5. The first-order chi connectivity index (χ1) is 28.2. The molecule has 0 bridgehead atoms. The van der Waals surface area contributed by atoms with Crippen molar-refractivity contribution in [3.05, 3.63) is 81.7 Å². The number of ether oxygens (including phenoxy) is 3. The maximum atomic E-state index is 14.0. The van der Waals surface area contributed by atoms with Crippen molar-refractivity contribution >= 4 is 35.1 Å². The van der Waals surface area contributed by atoms with E-state index in [1.165, 1.54) is 37.1 Å². The van der Waals surface area contributed by atoms with Crippen molar-refractivity contribution in [2.24, 2.45) is 0 Å². The fraction of sp³-hybridized carbons (Fsp3) is 0.439. The number of aromatic hydroxyl groups is 2. The molecule has 59 heavy (non-hydrogen) atoms. The zero-order chi connectivity index (χ0) is 42.3. The van der Waals surface area contributed by atoms with Crippen molar-refractivity contribution in [1.82, 2.24) is 20.5 Å². The molecule has 7 rings (SSSR count). The number of carbonyl (C=O) groups is 6. The quantitative estimate of drug-likeness (QED) is 0.0975. The minimum Gasteiger partial charge on any atom is -0.507 e. The van der Waals surface area contributed by atoms with Gasteiger partial charge in [0, 0.05) is 54.9 Å². The molecule has 3 heterocycles. The third kappa shape index (κ3) is 7.65. The average Bonchev–Trinajstić information content (AvgIpc) is 3.72. The van der Waals surface area contributed by atoms with E-state index in [-0.39, 0.29) is 53.9 Å². The summed E-state index contributed by atoms with van der Waals surface area (Å²) in [6, 6.07) is 5.76. The number of aromatic nitrogens is 1. The number of benzene rings is 2. The number of likely N-dealkylation sites (tertiary alicyclic amines) is 1. The lowest BCUT2D eigenvalue weighted by Crippen LogP contribution is -2.58. The molecule has 7 atom stereocenters. The molecule has 4 unspecified atom stereocenters. The van der Waals surface area contributed by atoms with Gasteiger partial charge in [-0.25, -0.2) is 0 Å². The summed E-state index contributed by atoms with van der Waals surface area (Å²) in [5.41, 5.74) is -3.55. The van der Waals surface area contributed by atoms with Crippen molar-refractivity contribution in [1.29, 1.82) is 0 Å². The number of aliphatic hydroxyl groups excluding tert-OH is 2. The van der Waals surface area contributed by atoms with Gasteiger partial charge < -0.3 is 55.3 Å². The third-order valence-electron chi connectivity index (χ3n) is 11.5. The number of phenols is 2. The number of aliphatic hydroxyl groups is 3. The summed E-state index contributed by atoms with van der Waals surface area (Å²) in [5, 5.41) is 61.3. The molecular formula is C41H44N4O14. The van der Waals surface area contributed by atoms with Crippen LogP contribution in [0.25, 0.3) is 0 Å². The summed E-state index contributed by atoms with van der Waals surface area (Å²) in [6.07, 6.45) is -2.60. The molecule has 0 radical (unpaired) electrons. The van der Waals surface area contributed by atoms with Gasteiger partial charge in [-0.05, 0) is 37.5 Å². The van der Waals surface area contributed by atoms with Crippen molar-refractivity contribution in [3.8, 4) is 17.2 Å². The number of phenolic OH excluding ortho intramolecular Hbond substituents is 2. The lowest BCUT2D eigenvalue weighted by Gasteiger charge is -2.43. The topological polar surface area (TPSA) is 271 Å². The summed E-state index contributed by atoms with van der Waals surface area (Å²) >= 11 is 0. The van der Waals surface area contributed by atoms with E-state index in [0.717, 1.165) is 0 Å². The highest BCUT2D eigenvalue weighted by molar-refractivity contribution is 6.31. The summed E-state index contributed by atoms with van der Waals surface area (Å²) in [7, 11) is 1.30. The Labute approximate surface area is 337 Å². The number of ketones is 3. The lowest BCUT2D eigenvalue weighted by molar-refractivity contribution is -0.249. The largest absolute Gasteiger partial charge is 0.507 e. The molecule has 2 aliphatic carbocycles. The molecule has 18 heteroatoms. The maximum Gasteiger partial charge on any atom is 0.243 e. The number of amides is 3. The number of Topliss-reactive ketones (excluding diaryl/α,β-unsaturated/α-hetero) is 1. The van der Waals surface area contributed by atoms with Crippen molar-refractivity contribution in [2.45, 2.75) is 87.7 Å². The molecule has 1 aromatic heterocycles. The van der Waals surface area contributed by atoms with Gasteiger partial charge in [-0.2, -0.15) is 0 Å². The van der Waals surface area contributed by atoms with Gasteiger partial charge in [0.2, 0.25) is 23.5 Å². The van der Waals surface area contributed by atoms with E-state index in [1.54, 1.807) is 24.5 Å². The number of hydrogen-bond donors (Lipinski definition) is 7. The van der Waals surface area contributed by atoms with Gasteiger partial charge in [0.15, 0.2) is 17.9 Å². The Bertz CT molecular complexity index is 2220. The zero-order valence-electron chi connectivity index (χ0n) is 32.2. The summed E-state index contributed by atoms with van der Waals surface area (Å²) < 4.78 is 17.5. The number of pyridine rings is 1. The van der Waals surface area contributed by atoms with Crippen LogP contribution in [0.2, 0.25) is 0 Å². The van der Waals surface area contributed by atoms with E-state index in [1.807, 2.05) is 0 Å². The van der Waals surface area contributed by atoms with Crippen molar-refractivity contribution < 1.29 is 68.5 Å². The van der Waals surface area contributed by atoms with Gasteiger partial charge >= 0.3 is 0 Å². The fourth-order valence-electron chi connectivity index (χ4n) is 8.50. The number of hydrogen-bond acceptors (Lipinski definition) is 15. The second-order valence-corrected chi connectivity index (χ2v) is 15.2. The Balaban J connectivity index is 1.11. The highest BCUT2D eigenvalue weighted by Gasteiger charge is 2.50. The molecule has 2 saturated heterocycles. The Hall–Kier alpha value is -5.79. The monoisotopic (exact) mass is 816 g/mol. The van der Waals surface area contributed by atoms with Crippen LogP contribution in [0.3, 0.4) is 0 Å². The van der Waals surface area contributed by atoms with Gasteiger partial charge in [-0.3, -0.25) is 33.8 Å². The summed E-state index contributed by atoms with van der Waals surface area (Å²) in [6.45, 7) is 0.330. The first-order valence-corrected chi connectivity index (χ1v) is 19.1. The predicted molar refractivity (Wildman–Crippen MR) is 201 cm³/mol. The second-order valence-electron chi connectivity index (χ2n) is 15.2. The second kappa shape index (κ2) is 16.5. The average molecular weight is 817 g/mol. The third-order valence-corrected chi connectivity index (χ3v) is 11.5. The molecule has 0 spiro atoms. The molecule has 7 N–H and O–H groups in total. The molecule has 2 fully saturated rings. The molecule has 312 valence electrons. The number of rotatable bonds is 11. The van der Waals surface area contributed by atoms with E-state index >= 15 is 0 Å². The van der Waals surface area contributed by atoms with Crippen LogP contribution in [0.5, 0.6) is 17.2 Å². The van der Waals surface area contributed by atoms with Gasteiger partial charge in [-0.1, -0.05) is 18.2 Å². The molecule has 3 amide bonds. The predicted octanol–water partition coefficient (Wildman–Crippen LogP) is -0.0963. The van der Waals surface area contributed by atoms with Gasteiger partial charge in [0.1, 0.15) is 41.6 Å². The number of methoxy groups -OCH3 is 1. The Morgan fingerprint density at radius 3 is 2.53 bits per heavy atom. The van der Waals surface area contributed by atoms with E-state index in [2.05, 4.69) is 15.6 Å². The van der Waals surface area contributed by atoms with Crippen LogP contribution in [-0.4, -0.2) is 133 Å². The van der Waals surface area contributed by atoms with Crippen molar-refractivity contribution in [2.75, 3.05) is 26.8 Å². The molecule has 4 aliphatic rings. The smallest absolute Gasteiger partial charge is 0.243 e. The van der Waals surface area contributed by atoms with Crippen LogP contribution in [0.4, 0.5) is 0 Å². The molecule has 3 aromatic rings. The van der Waals surface area contributed by atoms with Crippen LogP contribution >= 0.6 is 0 Å². The van der Waals surface area contributed by atoms with Crippen LogP contribution in [-0.2, 0) is 41.5 Å². The van der Waals surface area contributed by atoms with Gasteiger partial charge in [0.05, 0.1) is 55.0 Å². The minimum atomic E-state index is -2.38. The highest BCUT2D eigenvalue weighted by atomic mass is 16.7. The van der Waals surface area contributed by atoms with Crippen LogP contribution < -0.4 is 15.4 Å². The SMILES string of the molecule is COc1cccc2c1C(=O)c1c(O)c3c(c(O)c1C2=O)C[C@@](O)(C(=O)CO)C[C@@H]3OC1CC(NC(=O)[C@@H]2CCCN2C(=O)CNC(=O)Cc2cccnc2)C(O)C(C)O1. The summed E-state index contributed by atoms with van der Waals surface area (Å²) in [5.74, 6) is -5.64. The maximum absolute atomic E-state index is 14.0. The van der Waals surface area contributed by atoms with E-state index in [4.69, 9.17) is 14.2 Å². The standard InChI is InChI=1S/C41H44N4O14/c1-19-35(50)23(44-40(55)24-8-5-11-45(24)29(49)17-43-28(48)12-20-6-4-10-42-16-20)13-30(58-19)59-26-15-41(56,27(47)18-46)14-22-32(26)39(54)34-33(37(22)52)36(51)21-7-3-9-25(57-2)31(21)38(34)53/h3-4,6-7,9-10,16,19,23-24,26,30,35,46,50,52,54,56H,5,8,11-15,17-18H2,1-2H3,(H,43,48)(H,44,55)/t19?,23?,24-,26-,30?,35?,41-/m0/s1. The van der Waals surface area contributed by atoms with Gasteiger partial charge in [-0.15, -0.1) is 0 Å². The number of fused-ring (bicyclic) bond motifs is 3. The highest BCUT2D eigenvalue weighted by Crippen LogP contribution is 2.52. The molecule has 2 aliphatic heterocycles. The number of carbonyl (C=O) groups excluding carboxylic acids is 6. The Morgan fingerprint density at radius 1 is 1.05 bits per heavy atom. The fourth-order valence-corrected chi connectivity index (χ4v) is 8.50. The Morgan fingerprint density at radius 2 is 1.81 bits per heavy atom. The van der Waals surface area contributed by atoms with E-state index < -0.39 is 119 Å².